The summed E-state index contributed by atoms with van der Waals surface area (Å²) in [6.45, 7) is 7.00. The molecule has 0 bridgehead atoms. The number of rotatable bonds is 3. The molecule has 0 unspecified atom stereocenters. The van der Waals surface area contributed by atoms with Gasteiger partial charge >= 0.3 is 0 Å². The highest BCUT2D eigenvalue weighted by atomic mass is 15.0. The third-order valence-corrected chi connectivity index (χ3v) is 1.79. The number of aryl methyl sites for hydroxylation is 2. The first-order valence-electron chi connectivity index (χ1n) is 3.99. The molecule has 0 aliphatic carbocycles. The Morgan fingerprint density at radius 1 is 1.17 bits per heavy atom. The number of anilines is 1. The molecule has 0 saturated heterocycles. The fourth-order valence-corrected chi connectivity index (χ4v) is 1.14. The molecular formula is C10H14N2. The second kappa shape index (κ2) is 4.12. The highest BCUT2D eigenvalue weighted by Crippen LogP contribution is 2.18. The predicted molar refractivity (Wildman–Crippen MR) is 51.8 cm³/mol. The fourth-order valence-electron chi connectivity index (χ4n) is 1.14. The van der Waals surface area contributed by atoms with E-state index in [2.05, 4.69) is 49.3 Å². The zero-order valence-electron chi connectivity index (χ0n) is 7.73. The second-order valence-electron chi connectivity index (χ2n) is 2.77. The van der Waals surface area contributed by atoms with E-state index < -0.39 is 0 Å². The summed E-state index contributed by atoms with van der Waals surface area (Å²) in [5.41, 5.74) is 3.60. The average molecular weight is 162 g/mol. The van der Waals surface area contributed by atoms with Crippen molar-refractivity contribution in [3.05, 3.63) is 36.0 Å². The Morgan fingerprint density at radius 3 is 2.25 bits per heavy atom. The maximum Gasteiger partial charge on any atom is 0.171 e. The second-order valence-corrected chi connectivity index (χ2v) is 2.77. The van der Waals surface area contributed by atoms with Crippen LogP contribution in [0.25, 0.3) is 0 Å². The topological polar surface area (TPSA) is 24.1 Å². The monoisotopic (exact) mass is 162 g/mol. The molecule has 64 valence electrons. The summed E-state index contributed by atoms with van der Waals surface area (Å²) in [6, 6.07) is 6.20. The Kier molecular flexibility index (Phi) is 3.11. The lowest BCUT2D eigenvalue weighted by Crippen LogP contribution is -2.10. The first kappa shape index (κ1) is 9.07. The lowest BCUT2D eigenvalue weighted by atomic mass is 10.1. The minimum Gasteiger partial charge on any atom is -0.360 e. The molecule has 0 saturated carbocycles. The van der Waals surface area contributed by atoms with Gasteiger partial charge in [-0.25, -0.2) is 0 Å². The molecule has 0 fully saturated rings. The molecular weight excluding hydrogens is 148 g/mol. The van der Waals surface area contributed by atoms with E-state index in [4.69, 9.17) is 0 Å². The summed E-state index contributed by atoms with van der Waals surface area (Å²) in [7, 11) is 1.82. The van der Waals surface area contributed by atoms with Crippen molar-refractivity contribution >= 4 is 5.69 Å². The largest absolute Gasteiger partial charge is 0.360 e. The maximum atomic E-state index is 3.07. The maximum absolute atomic E-state index is 3.07. The van der Waals surface area contributed by atoms with Gasteiger partial charge in [-0.05, 0) is 32.0 Å². The van der Waals surface area contributed by atoms with Gasteiger partial charge in [0.15, 0.2) is 6.67 Å². The van der Waals surface area contributed by atoms with Crippen molar-refractivity contribution in [2.24, 2.45) is 0 Å². The van der Waals surface area contributed by atoms with Gasteiger partial charge in [0.25, 0.3) is 0 Å². The Balaban J connectivity index is 2.81. The minimum absolute atomic E-state index is 1.13. The molecule has 0 heterocycles. The van der Waals surface area contributed by atoms with Gasteiger partial charge in [0, 0.05) is 5.69 Å². The van der Waals surface area contributed by atoms with Crippen LogP contribution in [0.5, 0.6) is 0 Å². The van der Waals surface area contributed by atoms with Gasteiger partial charge in [-0.2, -0.15) is 0 Å². The average Bonchev–Trinajstić information content (AvgIpc) is 2.04. The van der Waals surface area contributed by atoms with Crippen LogP contribution >= 0.6 is 0 Å². The lowest BCUT2D eigenvalue weighted by molar-refractivity contribution is 0.987. The van der Waals surface area contributed by atoms with E-state index in [0.29, 0.717) is 0 Å². The van der Waals surface area contributed by atoms with Crippen LogP contribution in [0.4, 0.5) is 5.69 Å². The first-order chi connectivity index (χ1) is 5.75. The Morgan fingerprint density at radius 2 is 1.75 bits per heavy atom. The van der Waals surface area contributed by atoms with Crippen molar-refractivity contribution in [1.29, 1.82) is 0 Å². The molecule has 0 atom stereocenters. The number of benzene rings is 1. The van der Waals surface area contributed by atoms with Crippen LogP contribution in [0.1, 0.15) is 11.1 Å². The smallest absolute Gasteiger partial charge is 0.171 e. The van der Waals surface area contributed by atoms with Crippen LogP contribution in [0.3, 0.4) is 0 Å². The summed E-state index contributed by atoms with van der Waals surface area (Å²) in [6.07, 6.45) is 0. The van der Waals surface area contributed by atoms with Crippen molar-refractivity contribution in [1.82, 2.24) is 5.32 Å². The van der Waals surface area contributed by atoms with E-state index in [1.165, 1.54) is 11.1 Å². The van der Waals surface area contributed by atoms with Crippen LogP contribution in [-0.4, -0.2) is 7.05 Å². The van der Waals surface area contributed by atoms with Crippen LogP contribution < -0.4 is 10.6 Å². The van der Waals surface area contributed by atoms with Gasteiger partial charge in [-0.15, -0.1) is 0 Å². The van der Waals surface area contributed by atoms with Gasteiger partial charge < -0.3 is 5.32 Å². The molecule has 2 N–H and O–H groups in total. The third-order valence-electron chi connectivity index (χ3n) is 1.79. The summed E-state index contributed by atoms with van der Waals surface area (Å²) in [4.78, 5) is 0. The van der Waals surface area contributed by atoms with Crippen molar-refractivity contribution in [2.75, 3.05) is 12.4 Å². The van der Waals surface area contributed by atoms with Gasteiger partial charge in [0.2, 0.25) is 0 Å². The van der Waals surface area contributed by atoms with Crippen LogP contribution in [0.15, 0.2) is 18.2 Å². The minimum atomic E-state index is 1.13. The van der Waals surface area contributed by atoms with Gasteiger partial charge in [-0.3, -0.25) is 5.32 Å². The molecule has 0 aliphatic heterocycles. The molecule has 2 nitrogen and oxygen atoms in total. The fraction of sp³-hybridized carbons (Fsp3) is 0.300. The van der Waals surface area contributed by atoms with E-state index in [-0.39, 0.29) is 0 Å². The zero-order chi connectivity index (χ0) is 8.97. The highest BCUT2D eigenvalue weighted by Gasteiger charge is 1.99. The standard InChI is InChI=1S/C10H14N2/c1-8-5-4-6-9(2)10(8)12-7-11-3/h4-6,11-12H,1-3H3. The highest BCUT2D eigenvalue weighted by molar-refractivity contribution is 5.57. The van der Waals surface area contributed by atoms with Crippen LogP contribution in [-0.2, 0) is 0 Å². The lowest BCUT2D eigenvalue weighted by Gasteiger charge is -2.10. The summed E-state index contributed by atoms with van der Waals surface area (Å²) < 4.78 is 0. The van der Waals surface area contributed by atoms with Crippen molar-refractivity contribution in [2.45, 2.75) is 13.8 Å². The Bertz CT molecular complexity index is 236. The van der Waals surface area contributed by atoms with Crippen LogP contribution in [0, 0.1) is 20.5 Å². The van der Waals surface area contributed by atoms with E-state index in [9.17, 15) is 0 Å². The number of para-hydroxylation sites is 1. The molecule has 0 aliphatic rings. The molecule has 1 aromatic carbocycles. The van der Waals surface area contributed by atoms with Crippen molar-refractivity contribution in [3.8, 4) is 0 Å². The first-order valence-corrected chi connectivity index (χ1v) is 3.99. The molecule has 0 amide bonds. The van der Waals surface area contributed by atoms with E-state index >= 15 is 0 Å². The van der Waals surface area contributed by atoms with E-state index in [0.717, 1.165) is 5.69 Å². The molecule has 0 spiro atoms. The third kappa shape index (κ3) is 1.98. The number of hydrogen-bond acceptors (Lipinski definition) is 2. The molecule has 0 aromatic heterocycles. The van der Waals surface area contributed by atoms with E-state index in [1.54, 1.807) is 0 Å². The van der Waals surface area contributed by atoms with Crippen LogP contribution in [0.2, 0.25) is 0 Å². The Hall–Kier alpha value is -1.02. The Labute approximate surface area is 74.0 Å². The molecule has 2 radical (unpaired) electrons. The number of hydrogen-bond donors (Lipinski definition) is 2. The predicted octanol–water partition coefficient (Wildman–Crippen LogP) is 1.93. The van der Waals surface area contributed by atoms with Crippen molar-refractivity contribution in [3.63, 3.8) is 0 Å². The number of nitrogens with one attached hydrogen (secondary N) is 2. The normalized spacial score (nSPS) is 9.92. The summed E-state index contributed by atoms with van der Waals surface area (Å²) in [5.74, 6) is 0. The van der Waals surface area contributed by atoms with E-state index in [1.807, 2.05) is 7.05 Å². The van der Waals surface area contributed by atoms with Gasteiger partial charge in [0.05, 0.1) is 0 Å². The van der Waals surface area contributed by atoms with Crippen molar-refractivity contribution < 1.29 is 0 Å². The molecule has 12 heavy (non-hydrogen) atoms. The zero-order valence-corrected chi connectivity index (χ0v) is 7.73. The summed E-state index contributed by atoms with van der Waals surface area (Å²) in [5, 5.41) is 5.88. The quantitative estimate of drug-likeness (QED) is 0.664. The van der Waals surface area contributed by atoms with Gasteiger partial charge in [-0.1, -0.05) is 18.2 Å². The molecule has 2 heteroatoms. The molecule has 1 rings (SSSR count). The van der Waals surface area contributed by atoms with Gasteiger partial charge in [0.1, 0.15) is 0 Å². The SMILES string of the molecule is CN[C]Nc1c(C)cccc1C. The molecule has 1 aromatic rings. The summed E-state index contributed by atoms with van der Waals surface area (Å²) >= 11 is 0.